The Labute approximate surface area is 114 Å². The first-order valence-electron chi connectivity index (χ1n) is 5.35. The van der Waals surface area contributed by atoms with Crippen LogP contribution in [-0.2, 0) is 16.6 Å². The van der Waals surface area contributed by atoms with Crippen molar-refractivity contribution in [2.75, 3.05) is 32.4 Å². The highest BCUT2D eigenvalue weighted by atomic mass is 79.9. The van der Waals surface area contributed by atoms with Gasteiger partial charge in [-0.1, -0.05) is 0 Å². The Balaban J connectivity index is 1.87. The number of nitrogens with zero attached hydrogens (tertiary/aromatic N) is 2. The van der Waals surface area contributed by atoms with Crippen LogP contribution in [0.1, 0.15) is 4.88 Å². The smallest absolute Gasteiger partial charge is 0.211 e. The summed E-state index contributed by atoms with van der Waals surface area (Å²) in [5.74, 6) is 0. The maximum absolute atomic E-state index is 11.4. The van der Waals surface area contributed by atoms with Crippen molar-refractivity contribution in [2.24, 2.45) is 0 Å². The molecule has 0 spiro atoms. The molecule has 1 saturated heterocycles. The van der Waals surface area contributed by atoms with Crippen molar-refractivity contribution in [2.45, 2.75) is 6.54 Å². The molecule has 1 aliphatic heterocycles. The molecular weight excluding hydrogens is 324 g/mol. The summed E-state index contributed by atoms with van der Waals surface area (Å²) >= 11 is 5.17. The molecule has 1 aromatic heterocycles. The van der Waals surface area contributed by atoms with Gasteiger partial charge in [0.15, 0.2) is 0 Å². The van der Waals surface area contributed by atoms with Crippen molar-refractivity contribution in [3.63, 3.8) is 0 Å². The number of hydrogen-bond acceptors (Lipinski definition) is 4. The average Bonchev–Trinajstić information content (AvgIpc) is 2.63. The van der Waals surface area contributed by atoms with Crippen LogP contribution in [0.2, 0.25) is 0 Å². The number of hydrogen-bond donors (Lipinski definition) is 0. The summed E-state index contributed by atoms with van der Waals surface area (Å²) in [6.07, 6.45) is 1.28. The van der Waals surface area contributed by atoms with Crippen LogP contribution in [-0.4, -0.2) is 50.1 Å². The van der Waals surface area contributed by atoms with Gasteiger partial charge in [-0.2, -0.15) is 4.31 Å². The van der Waals surface area contributed by atoms with E-state index in [1.807, 2.05) is 0 Å². The third-order valence-electron chi connectivity index (χ3n) is 2.80. The SMILES string of the molecule is CS(=O)(=O)N1CCN(Cc2cc(Br)cs2)CC1. The van der Waals surface area contributed by atoms with Gasteiger partial charge in [-0.15, -0.1) is 11.3 Å². The van der Waals surface area contributed by atoms with E-state index in [1.54, 1.807) is 15.6 Å². The van der Waals surface area contributed by atoms with Crippen LogP contribution < -0.4 is 0 Å². The summed E-state index contributed by atoms with van der Waals surface area (Å²) in [7, 11) is -3.02. The highest BCUT2D eigenvalue weighted by Gasteiger charge is 2.23. The molecule has 0 aliphatic carbocycles. The zero-order valence-electron chi connectivity index (χ0n) is 9.60. The lowest BCUT2D eigenvalue weighted by atomic mass is 10.3. The van der Waals surface area contributed by atoms with E-state index in [2.05, 4.69) is 32.3 Å². The monoisotopic (exact) mass is 338 g/mol. The fourth-order valence-corrected chi connectivity index (χ4v) is 4.20. The maximum atomic E-state index is 11.4. The molecule has 4 nitrogen and oxygen atoms in total. The molecule has 0 atom stereocenters. The van der Waals surface area contributed by atoms with Crippen molar-refractivity contribution in [3.8, 4) is 0 Å². The molecule has 1 aromatic rings. The van der Waals surface area contributed by atoms with E-state index in [1.165, 1.54) is 11.1 Å². The Morgan fingerprint density at radius 2 is 2.00 bits per heavy atom. The summed E-state index contributed by atoms with van der Waals surface area (Å²) in [6, 6.07) is 2.12. The minimum atomic E-state index is -3.02. The number of rotatable bonds is 3. The third kappa shape index (κ3) is 3.75. The molecule has 96 valence electrons. The normalized spacial score (nSPS) is 19.6. The van der Waals surface area contributed by atoms with E-state index in [0.29, 0.717) is 13.1 Å². The first-order valence-corrected chi connectivity index (χ1v) is 8.87. The molecule has 0 amide bonds. The maximum Gasteiger partial charge on any atom is 0.211 e. The Morgan fingerprint density at radius 1 is 1.35 bits per heavy atom. The number of sulfonamides is 1. The Kier molecular flexibility index (Phi) is 4.25. The first kappa shape index (κ1) is 13.5. The largest absolute Gasteiger partial charge is 0.296 e. The van der Waals surface area contributed by atoms with Gasteiger partial charge in [0, 0.05) is 47.5 Å². The predicted molar refractivity (Wildman–Crippen MR) is 73.7 cm³/mol. The van der Waals surface area contributed by atoms with E-state index < -0.39 is 10.0 Å². The summed E-state index contributed by atoms with van der Waals surface area (Å²) in [6.45, 7) is 3.73. The van der Waals surface area contributed by atoms with Gasteiger partial charge in [0.25, 0.3) is 0 Å². The Hall–Kier alpha value is 0.0500. The lowest BCUT2D eigenvalue weighted by Gasteiger charge is -2.32. The van der Waals surface area contributed by atoms with Crippen LogP contribution in [0.25, 0.3) is 0 Å². The van der Waals surface area contributed by atoms with Gasteiger partial charge in [-0.05, 0) is 22.0 Å². The predicted octanol–water partition coefficient (Wildman–Crippen LogP) is 1.59. The number of halogens is 1. The molecule has 0 saturated carbocycles. The van der Waals surface area contributed by atoms with Gasteiger partial charge in [0.2, 0.25) is 10.0 Å². The zero-order valence-corrected chi connectivity index (χ0v) is 12.8. The summed E-state index contributed by atoms with van der Waals surface area (Å²) in [5, 5.41) is 2.07. The van der Waals surface area contributed by atoms with Crippen LogP contribution in [0.15, 0.2) is 15.9 Å². The second-order valence-electron chi connectivity index (χ2n) is 4.17. The van der Waals surface area contributed by atoms with Crippen molar-refractivity contribution < 1.29 is 8.42 Å². The molecule has 1 aliphatic rings. The van der Waals surface area contributed by atoms with Crippen LogP contribution >= 0.6 is 27.3 Å². The Morgan fingerprint density at radius 3 is 2.47 bits per heavy atom. The second-order valence-corrected chi connectivity index (χ2v) is 8.06. The lowest BCUT2D eigenvalue weighted by molar-refractivity contribution is 0.183. The van der Waals surface area contributed by atoms with Gasteiger partial charge in [-0.25, -0.2) is 8.42 Å². The summed E-state index contributed by atoms with van der Waals surface area (Å²) in [4.78, 5) is 3.60. The van der Waals surface area contributed by atoms with Gasteiger partial charge < -0.3 is 0 Å². The zero-order chi connectivity index (χ0) is 12.5. The van der Waals surface area contributed by atoms with Gasteiger partial charge in [-0.3, -0.25) is 4.90 Å². The summed E-state index contributed by atoms with van der Waals surface area (Å²) < 4.78 is 25.4. The molecule has 1 fully saturated rings. The van der Waals surface area contributed by atoms with E-state index >= 15 is 0 Å². The van der Waals surface area contributed by atoms with E-state index in [4.69, 9.17) is 0 Å². The van der Waals surface area contributed by atoms with Crippen LogP contribution in [0.5, 0.6) is 0 Å². The summed E-state index contributed by atoms with van der Waals surface area (Å²) in [5.41, 5.74) is 0. The topological polar surface area (TPSA) is 40.6 Å². The van der Waals surface area contributed by atoms with Crippen molar-refractivity contribution in [3.05, 3.63) is 20.8 Å². The molecule has 0 radical (unpaired) electrons. The molecule has 2 rings (SSSR count). The first-order chi connectivity index (χ1) is 7.95. The molecular formula is C10H15BrN2O2S2. The van der Waals surface area contributed by atoms with E-state index in [0.717, 1.165) is 24.1 Å². The van der Waals surface area contributed by atoms with E-state index in [9.17, 15) is 8.42 Å². The quantitative estimate of drug-likeness (QED) is 0.840. The standard InChI is InChI=1S/C10H15BrN2O2S2/c1-17(14,15)13-4-2-12(3-5-13)7-10-6-9(11)8-16-10/h6,8H,2-5,7H2,1H3. The molecule has 7 heteroatoms. The molecule has 0 aromatic carbocycles. The van der Waals surface area contributed by atoms with Crippen LogP contribution in [0.4, 0.5) is 0 Å². The fraction of sp³-hybridized carbons (Fsp3) is 0.600. The lowest BCUT2D eigenvalue weighted by Crippen LogP contribution is -2.47. The van der Waals surface area contributed by atoms with Crippen molar-refractivity contribution in [1.29, 1.82) is 0 Å². The van der Waals surface area contributed by atoms with Gasteiger partial charge in [0.1, 0.15) is 0 Å². The second kappa shape index (κ2) is 5.36. The Bertz CT molecular complexity index is 478. The molecule has 0 N–H and O–H groups in total. The minimum Gasteiger partial charge on any atom is -0.296 e. The molecule has 17 heavy (non-hydrogen) atoms. The highest BCUT2D eigenvalue weighted by Crippen LogP contribution is 2.21. The number of thiophene rings is 1. The molecule has 0 bridgehead atoms. The van der Waals surface area contributed by atoms with Gasteiger partial charge in [0.05, 0.1) is 6.26 Å². The van der Waals surface area contributed by atoms with E-state index in [-0.39, 0.29) is 0 Å². The van der Waals surface area contributed by atoms with Crippen LogP contribution in [0.3, 0.4) is 0 Å². The van der Waals surface area contributed by atoms with Crippen molar-refractivity contribution >= 4 is 37.3 Å². The minimum absolute atomic E-state index is 0.603. The molecule has 0 unspecified atom stereocenters. The van der Waals surface area contributed by atoms with Gasteiger partial charge >= 0.3 is 0 Å². The fourth-order valence-electron chi connectivity index (χ4n) is 1.88. The average molecular weight is 339 g/mol. The number of piperazine rings is 1. The van der Waals surface area contributed by atoms with Crippen LogP contribution in [0, 0.1) is 0 Å². The highest BCUT2D eigenvalue weighted by molar-refractivity contribution is 9.10. The third-order valence-corrected chi connectivity index (χ3v) is 5.79. The molecule has 2 heterocycles. The van der Waals surface area contributed by atoms with Crippen molar-refractivity contribution in [1.82, 2.24) is 9.21 Å².